The third kappa shape index (κ3) is 19.6. The van der Waals surface area contributed by atoms with Crippen LogP contribution in [0.1, 0.15) is 115 Å². The molecule has 12 N–H and O–H groups in total. The second-order valence-corrected chi connectivity index (χ2v) is 23.8. The Balaban J connectivity index is 0.000000166. The summed E-state index contributed by atoms with van der Waals surface area (Å²) in [6.45, 7) is 16.6. The fraction of sp³-hybridized carbons (Fsp3) is 0.391. The van der Waals surface area contributed by atoms with Gasteiger partial charge in [0.15, 0.2) is 16.9 Å². The summed E-state index contributed by atoms with van der Waals surface area (Å²) in [4.78, 5) is 40.0. The van der Waals surface area contributed by atoms with Crippen LogP contribution in [-0.2, 0) is 28.9 Å². The van der Waals surface area contributed by atoms with Crippen LogP contribution in [0, 0.1) is 0 Å². The molecule has 0 aliphatic carbocycles. The SMILES string of the molecule is C=CC(=O)Cl.C=CC(=O)Nc1cccc(Nc2cc(N3CCCCC3CCO)nc3c(CC)cnn23)c1.CCc1cnn2c(Nc3cccc(N)c3)cc(Cl)nc12.CCc1cnn2c(Nc3cccc(N)c3)cc(N3CCCCC3CCO)nc12.OCCC1CCCCN1. The zero-order valence-corrected chi connectivity index (χ0v) is 55.5. The minimum atomic E-state index is -0.509. The number of rotatable bonds is 20. The Kier molecular flexibility index (Phi) is 27.2. The molecule has 3 aliphatic heterocycles. The van der Waals surface area contributed by atoms with Crippen LogP contribution in [0.25, 0.3) is 16.9 Å². The highest BCUT2D eigenvalue weighted by molar-refractivity contribution is 6.66. The van der Waals surface area contributed by atoms with Gasteiger partial charge in [0.05, 0.1) is 18.6 Å². The first-order chi connectivity index (χ1) is 45.7. The lowest BCUT2D eigenvalue weighted by molar-refractivity contribution is -0.112. The minimum absolute atomic E-state index is 0.171. The highest BCUT2D eigenvalue weighted by Gasteiger charge is 2.27. The molecule has 94 heavy (non-hydrogen) atoms. The molecule has 500 valence electrons. The zero-order chi connectivity index (χ0) is 66.9. The van der Waals surface area contributed by atoms with Gasteiger partial charge in [0.2, 0.25) is 11.1 Å². The molecule has 9 aromatic rings. The number of anilines is 11. The van der Waals surface area contributed by atoms with E-state index in [0.29, 0.717) is 40.9 Å². The van der Waals surface area contributed by atoms with E-state index in [1.807, 2.05) is 106 Å². The summed E-state index contributed by atoms with van der Waals surface area (Å²) in [6.07, 6.45) is 23.5. The molecule has 0 saturated carbocycles. The first-order valence-corrected chi connectivity index (χ1v) is 33.2. The summed E-state index contributed by atoms with van der Waals surface area (Å²) in [7, 11) is 0. The summed E-state index contributed by atoms with van der Waals surface area (Å²) < 4.78 is 5.42. The van der Waals surface area contributed by atoms with E-state index in [4.69, 9.17) is 49.7 Å². The highest BCUT2D eigenvalue weighted by atomic mass is 35.5. The van der Waals surface area contributed by atoms with Crippen molar-refractivity contribution in [3.8, 4) is 0 Å². The predicted octanol–water partition coefficient (Wildman–Crippen LogP) is 12.0. The van der Waals surface area contributed by atoms with Crippen LogP contribution in [0.4, 0.5) is 63.2 Å². The van der Waals surface area contributed by atoms with Crippen LogP contribution in [0.5, 0.6) is 0 Å². The number of nitrogen functional groups attached to an aromatic ring is 2. The van der Waals surface area contributed by atoms with E-state index >= 15 is 0 Å². The van der Waals surface area contributed by atoms with E-state index in [9.17, 15) is 19.8 Å². The zero-order valence-electron chi connectivity index (χ0n) is 54.0. The lowest BCUT2D eigenvalue weighted by Crippen LogP contribution is -2.40. The fourth-order valence-electron chi connectivity index (χ4n) is 11.7. The van der Waals surface area contributed by atoms with Crippen LogP contribution < -0.4 is 47.9 Å². The van der Waals surface area contributed by atoms with E-state index < -0.39 is 5.24 Å². The summed E-state index contributed by atoms with van der Waals surface area (Å²) in [5.74, 6) is 3.99. The lowest BCUT2D eigenvalue weighted by Gasteiger charge is -2.36. The molecule has 1 amide bonds. The Morgan fingerprint density at radius 2 is 1.00 bits per heavy atom. The van der Waals surface area contributed by atoms with Crippen molar-refractivity contribution < 1.29 is 24.9 Å². The number of benzene rings is 3. The first-order valence-electron chi connectivity index (χ1n) is 32.4. The van der Waals surface area contributed by atoms with Gasteiger partial charge < -0.3 is 63.2 Å². The number of amides is 1. The quantitative estimate of drug-likeness (QED) is 0.0147. The molecule has 3 aliphatic rings. The van der Waals surface area contributed by atoms with Crippen LogP contribution in [0.3, 0.4) is 0 Å². The number of nitrogens with zero attached hydrogens (tertiary/aromatic N) is 11. The van der Waals surface area contributed by atoms with Crippen LogP contribution in [0.15, 0.2) is 135 Å². The molecule has 3 fully saturated rings. The number of fused-ring (bicyclic) bond motifs is 3. The summed E-state index contributed by atoms with van der Waals surface area (Å²) in [5.41, 5.74) is 22.2. The standard InChI is InChI=1S/C24H30N6O2.C21H28N6O.C14H14ClN5.C7H15NO.C3H3ClO/c1-3-17-16-25-30-22(26-18-8-7-9-19(14-18)27-23(32)4-2)15-21(28-24(17)30)29-12-6-5-10-20(29)11-13-31;1-2-15-14-23-27-20(24-17-7-5-6-16(22)12-17)13-19(25-21(15)27)26-10-4-3-8-18(26)9-11-28;1-2-9-8-17-20-13(7-12(15)19-14(9)20)18-11-5-3-4-10(16)6-11;9-6-4-7-3-1-2-5-8-7;1-2-3(4)5/h4,7-9,14-16,20,26,31H,2-3,5-6,10-13H2,1H3,(H,27,32);5-7,12-14,18,24,28H,2-4,8-11,22H2,1H3;3-8,18H,2,16H2,1H3;7-9H,1-6H2;2H,1H2. The molecule has 3 unspecified atom stereocenters. The monoisotopic (exact) mass is 1320 g/mol. The first kappa shape index (κ1) is 71.0. The van der Waals surface area contributed by atoms with Crippen molar-refractivity contribution in [2.45, 2.75) is 135 Å². The van der Waals surface area contributed by atoms with Crippen LogP contribution in [-0.4, -0.2) is 128 Å². The number of carbonyl (C=O) groups excluding carboxylic acids is 2. The third-order valence-electron chi connectivity index (χ3n) is 16.4. The Hall–Kier alpha value is -8.84. The summed E-state index contributed by atoms with van der Waals surface area (Å²) in [5, 5.41) is 57.3. The number of aliphatic hydroxyl groups excluding tert-OH is 3. The van der Waals surface area contributed by atoms with E-state index in [1.165, 1.54) is 38.2 Å². The number of nitrogens with one attached hydrogen (secondary N) is 5. The number of hydrogen-bond acceptors (Lipinski definition) is 19. The number of allylic oxidation sites excluding steroid dienone is 1. The number of aromatic nitrogens is 9. The Morgan fingerprint density at radius 3 is 1.41 bits per heavy atom. The third-order valence-corrected chi connectivity index (χ3v) is 16.8. The molecule has 3 aromatic carbocycles. The van der Waals surface area contributed by atoms with Crippen LogP contribution >= 0.6 is 23.2 Å². The summed E-state index contributed by atoms with van der Waals surface area (Å²) in [6, 6.07) is 29.7. The van der Waals surface area contributed by atoms with Gasteiger partial charge in [-0.1, -0.05) is 70.1 Å². The molecule has 23 nitrogen and oxygen atoms in total. The second kappa shape index (κ2) is 36.0. The topological polar surface area (TPSA) is 304 Å². The van der Waals surface area contributed by atoms with Gasteiger partial charge in [0, 0.05) is 120 Å². The largest absolute Gasteiger partial charge is 0.399 e. The number of aryl methyl sites for hydroxylation is 3. The molecule has 6 aromatic heterocycles. The smallest absolute Gasteiger partial charge is 0.247 e. The number of nitrogens with two attached hydrogens (primary N) is 2. The van der Waals surface area contributed by atoms with Gasteiger partial charge >= 0.3 is 0 Å². The number of aliphatic hydroxyl groups is 3. The van der Waals surface area contributed by atoms with E-state index in [-0.39, 0.29) is 25.2 Å². The average molecular weight is 1320 g/mol. The van der Waals surface area contributed by atoms with Crippen molar-refractivity contribution in [3.05, 3.63) is 157 Å². The molecule has 3 atom stereocenters. The fourth-order valence-corrected chi connectivity index (χ4v) is 11.8. The Bertz CT molecular complexity index is 3920. The molecule has 0 radical (unpaired) electrons. The van der Waals surface area contributed by atoms with E-state index in [2.05, 4.69) is 96.7 Å². The van der Waals surface area contributed by atoms with E-state index in [0.717, 1.165) is 170 Å². The average Bonchev–Trinajstić information content (AvgIpc) is 1.59. The van der Waals surface area contributed by atoms with Crippen molar-refractivity contribution in [2.75, 3.05) is 82.0 Å². The van der Waals surface area contributed by atoms with Crippen molar-refractivity contribution in [1.82, 2.24) is 49.1 Å². The number of carbonyl (C=O) groups is 2. The number of piperidine rings is 3. The second-order valence-electron chi connectivity index (χ2n) is 23.0. The molecule has 3 saturated heterocycles. The van der Waals surface area contributed by atoms with Gasteiger partial charge in [0.25, 0.3) is 0 Å². The van der Waals surface area contributed by atoms with Crippen molar-refractivity contribution in [1.29, 1.82) is 0 Å². The van der Waals surface area contributed by atoms with Crippen molar-refractivity contribution in [2.24, 2.45) is 0 Å². The van der Waals surface area contributed by atoms with Gasteiger partial charge in [0.1, 0.15) is 34.2 Å². The Labute approximate surface area is 559 Å². The normalized spacial score (nSPS) is 16.0. The minimum Gasteiger partial charge on any atom is -0.399 e. The lowest BCUT2D eigenvalue weighted by atomic mass is 9.99. The maximum Gasteiger partial charge on any atom is 0.247 e. The molecular formula is C69H90Cl2N18O5. The molecule has 25 heteroatoms. The van der Waals surface area contributed by atoms with Gasteiger partial charge in [-0.05, 0) is 175 Å². The van der Waals surface area contributed by atoms with Crippen molar-refractivity contribution in [3.63, 3.8) is 0 Å². The Morgan fingerprint density at radius 1 is 0.574 bits per heavy atom. The molecule has 0 bridgehead atoms. The van der Waals surface area contributed by atoms with Gasteiger partial charge in [-0.25, -0.2) is 15.0 Å². The predicted molar refractivity (Wildman–Crippen MR) is 381 cm³/mol. The molecule has 0 spiro atoms. The molecule has 12 rings (SSSR count). The number of halogens is 2. The number of hydrogen-bond donors (Lipinski definition) is 10. The highest BCUT2D eigenvalue weighted by Crippen LogP contribution is 2.33. The van der Waals surface area contributed by atoms with Gasteiger partial charge in [-0.3, -0.25) is 9.59 Å². The molecule has 9 heterocycles. The maximum atomic E-state index is 11.7. The van der Waals surface area contributed by atoms with E-state index in [1.54, 1.807) is 10.6 Å². The van der Waals surface area contributed by atoms with Gasteiger partial charge in [-0.2, -0.15) is 28.8 Å². The summed E-state index contributed by atoms with van der Waals surface area (Å²) >= 11 is 10.8. The maximum absolute atomic E-state index is 11.7. The van der Waals surface area contributed by atoms with Crippen LogP contribution in [0.2, 0.25) is 5.15 Å². The van der Waals surface area contributed by atoms with Gasteiger partial charge in [-0.15, -0.1) is 0 Å². The molecular weight excluding hydrogens is 1230 g/mol. The van der Waals surface area contributed by atoms with Crippen molar-refractivity contribution >= 4 is 115 Å².